The number of benzene rings is 2. The first kappa shape index (κ1) is 14.4. The SMILES string of the molecule is Nc1ccc(C(=O)Nc2cc(Cl)ccc2Br)cc1Br. The molecule has 0 spiro atoms. The van der Waals surface area contributed by atoms with E-state index in [-0.39, 0.29) is 5.91 Å². The molecule has 98 valence electrons. The van der Waals surface area contributed by atoms with Crippen molar-refractivity contribution in [3.63, 3.8) is 0 Å². The van der Waals surface area contributed by atoms with E-state index in [0.29, 0.717) is 26.4 Å². The number of nitrogens with two attached hydrogens (primary N) is 1. The van der Waals surface area contributed by atoms with Crippen LogP contribution in [0.25, 0.3) is 0 Å². The number of carbonyl (C=O) groups is 1. The van der Waals surface area contributed by atoms with E-state index < -0.39 is 0 Å². The van der Waals surface area contributed by atoms with Crippen LogP contribution in [0.1, 0.15) is 10.4 Å². The fraction of sp³-hybridized carbons (Fsp3) is 0. The number of carbonyl (C=O) groups excluding carboxylic acids is 1. The minimum Gasteiger partial charge on any atom is -0.398 e. The first-order valence-electron chi connectivity index (χ1n) is 5.29. The average molecular weight is 404 g/mol. The topological polar surface area (TPSA) is 55.1 Å². The van der Waals surface area contributed by atoms with Crippen LogP contribution in [0.5, 0.6) is 0 Å². The van der Waals surface area contributed by atoms with Crippen molar-refractivity contribution in [3.8, 4) is 0 Å². The maximum Gasteiger partial charge on any atom is 0.255 e. The summed E-state index contributed by atoms with van der Waals surface area (Å²) in [4.78, 5) is 12.1. The number of hydrogen-bond donors (Lipinski definition) is 2. The molecule has 0 aliphatic rings. The highest BCUT2D eigenvalue weighted by Crippen LogP contribution is 2.27. The van der Waals surface area contributed by atoms with E-state index in [1.807, 2.05) is 0 Å². The number of nitrogen functional groups attached to an aromatic ring is 1. The molecule has 0 radical (unpaired) electrons. The van der Waals surface area contributed by atoms with Crippen LogP contribution in [-0.4, -0.2) is 5.91 Å². The van der Waals surface area contributed by atoms with Gasteiger partial charge in [0.1, 0.15) is 0 Å². The lowest BCUT2D eigenvalue weighted by molar-refractivity contribution is 0.102. The molecular weight excluding hydrogens is 395 g/mol. The van der Waals surface area contributed by atoms with Crippen molar-refractivity contribution >= 4 is 60.7 Å². The van der Waals surface area contributed by atoms with Crippen molar-refractivity contribution in [1.82, 2.24) is 0 Å². The van der Waals surface area contributed by atoms with Gasteiger partial charge in [0.25, 0.3) is 5.91 Å². The molecule has 0 aromatic heterocycles. The lowest BCUT2D eigenvalue weighted by Gasteiger charge is -2.08. The van der Waals surface area contributed by atoms with Crippen LogP contribution >= 0.6 is 43.5 Å². The minimum atomic E-state index is -0.233. The van der Waals surface area contributed by atoms with E-state index >= 15 is 0 Å². The van der Waals surface area contributed by atoms with Gasteiger partial charge < -0.3 is 11.1 Å². The van der Waals surface area contributed by atoms with Crippen LogP contribution in [0.4, 0.5) is 11.4 Å². The molecule has 0 fully saturated rings. The molecule has 3 nitrogen and oxygen atoms in total. The lowest BCUT2D eigenvalue weighted by Crippen LogP contribution is -2.12. The Morgan fingerprint density at radius 1 is 1.11 bits per heavy atom. The predicted octanol–water partition coefficient (Wildman–Crippen LogP) is 4.70. The Hall–Kier alpha value is -1.04. The fourth-order valence-corrected chi connectivity index (χ4v) is 2.35. The molecule has 0 aliphatic carbocycles. The summed E-state index contributed by atoms with van der Waals surface area (Å²) in [5, 5.41) is 3.33. The van der Waals surface area contributed by atoms with Gasteiger partial charge in [0, 0.05) is 25.2 Å². The number of nitrogens with one attached hydrogen (secondary N) is 1. The smallest absolute Gasteiger partial charge is 0.255 e. The molecular formula is C13H9Br2ClN2O. The third-order valence-corrected chi connectivity index (χ3v) is 4.05. The Bertz CT molecular complexity index is 647. The lowest BCUT2D eigenvalue weighted by atomic mass is 10.2. The Balaban J connectivity index is 2.25. The van der Waals surface area contributed by atoms with Crippen LogP contribution in [0, 0.1) is 0 Å². The second-order valence-corrected chi connectivity index (χ2v) is 5.96. The van der Waals surface area contributed by atoms with Gasteiger partial charge in [0.05, 0.1) is 5.69 Å². The Kier molecular flexibility index (Phi) is 4.50. The average Bonchev–Trinajstić information content (AvgIpc) is 2.37. The van der Waals surface area contributed by atoms with E-state index in [2.05, 4.69) is 37.2 Å². The quantitative estimate of drug-likeness (QED) is 0.713. The van der Waals surface area contributed by atoms with Crippen LogP contribution in [0.15, 0.2) is 45.3 Å². The zero-order chi connectivity index (χ0) is 14.0. The highest BCUT2D eigenvalue weighted by atomic mass is 79.9. The molecule has 0 saturated carbocycles. The molecule has 1 amide bonds. The number of anilines is 2. The van der Waals surface area contributed by atoms with Gasteiger partial charge >= 0.3 is 0 Å². The summed E-state index contributed by atoms with van der Waals surface area (Å²) in [7, 11) is 0. The zero-order valence-electron chi connectivity index (χ0n) is 9.58. The maximum absolute atomic E-state index is 12.1. The van der Waals surface area contributed by atoms with E-state index in [9.17, 15) is 4.79 Å². The second kappa shape index (κ2) is 5.94. The van der Waals surface area contributed by atoms with Gasteiger partial charge in [-0.2, -0.15) is 0 Å². The summed E-state index contributed by atoms with van der Waals surface area (Å²) >= 11 is 12.5. The van der Waals surface area contributed by atoms with Gasteiger partial charge in [-0.25, -0.2) is 0 Å². The van der Waals surface area contributed by atoms with Gasteiger partial charge in [-0.15, -0.1) is 0 Å². The monoisotopic (exact) mass is 402 g/mol. The first-order valence-corrected chi connectivity index (χ1v) is 7.25. The fourth-order valence-electron chi connectivity index (χ4n) is 1.46. The maximum atomic E-state index is 12.1. The summed E-state index contributed by atoms with van der Waals surface area (Å²) < 4.78 is 1.45. The van der Waals surface area contributed by atoms with Gasteiger partial charge in [0.15, 0.2) is 0 Å². The molecule has 0 bridgehead atoms. The highest BCUT2D eigenvalue weighted by Gasteiger charge is 2.10. The third-order valence-electron chi connectivity index (χ3n) is 2.44. The molecule has 0 atom stereocenters. The first-order chi connectivity index (χ1) is 8.97. The summed E-state index contributed by atoms with van der Waals surface area (Å²) in [6.45, 7) is 0. The normalized spacial score (nSPS) is 10.3. The van der Waals surface area contributed by atoms with Crippen LogP contribution in [0.3, 0.4) is 0 Å². The minimum absolute atomic E-state index is 0.233. The summed E-state index contributed by atoms with van der Waals surface area (Å²) in [6, 6.07) is 10.2. The van der Waals surface area contributed by atoms with Gasteiger partial charge in [-0.05, 0) is 68.3 Å². The number of halogens is 3. The molecule has 6 heteroatoms. The van der Waals surface area contributed by atoms with Crippen molar-refractivity contribution in [2.45, 2.75) is 0 Å². The molecule has 0 heterocycles. The second-order valence-electron chi connectivity index (χ2n) is 3.81. The zero-order valence-corrected chi connectivity index (χ0v) is 13.5. The van der Waals surface area contributed by atoms with E-state index in [4.69, 9.17) is 17.3 Å². The van der Waals surface area contributed by atoms with Gasteiger partial charge in [-0.1, -0.05) is 11.6 Å². The van der Waals surface area contributed by atoms with E-state index in [1.165, 1.54) is 0 Å². The molecule has 19 heavy (non-hydrogen) atoms. The van der Waals surface area contributed by atoms with Gasteiger partial charge in [0.2, 0.25) is 0 Å². The molecule has 0 unspecified atom stereocenters. The van der Waals surface area contributed by atoms with Crippen molar-refractivity contribution in [3.05, 3.63) is 55.9 Å². The Morgan fingerprint density at radius 2 is 1.84 bits per heavy atom. The van der Waals surface area contributed by atoms with Gasteiger partial charge in [-0.3, -0.25) is 4.79 Å². The Morgan fingerprint density at radius 3 is 2.53 bits per heavy atom. The van der Waals surface area contributed by atoms with Crippen LogP contribution < -0.4 is 11.1 Å². The van der Waals surface area contributed by atoms with E-state index in [0.717, 1.165) is 4.47 Å². The summed E-state index contributed by atoms with van der Waals surface area (Å²) in [6.07, 6.45) is 0. The van der Waals surface area contributed by atoms with E-state index in [1.54, 1.807) is 36.4 Å². The molecule has 2 rings (SSSR count). The number of rotatable bonds is 2. The standard InChI is InChI=1S/C13H9Br2ClN2O/c14-9-3-2-8(16)6-12(9)18-13(19)7-1-4-11(17)10(15)5-7/h1-6H,17H2,(H,18,19). The number of amides is 1. The third kappa shape index (κ3) is 3.49. The molecule has 2 aromatic carbocycles. The van der Waals surface area contributed by atoms with Crippen LogP contribution in [-0.2, 0) is 0 Å². The molecule has 2 aromatic rings. The largest absolute Gasteiger partial charge is 0.398 e. The summed E-state index contributed by atoms with van der Waals surface area (Å²) in [5.74, 6) is -0.233. The molecule has 0 aliphatic heterocycles. The van der Waals surface area contributed by atoms with Crippen molar-refractivity contribution in [1.29, 1.82) is 0 Å². The van der Waals surface area contributed by atoms with Crippen molar-refractivity contribution in [2.24, 2.45) is 0 Å². The van der Waals surface area contributed by atoms with Crippen molar-refractivity contribution in [2.75, 3.05) is 11.1 Å². The molecule has 3 N–H and O–H groups in total. The summed E-state index contributed by atoms with van der Waals surface area (Å²) in [5.41, 5.74) is 7.39. The molecule has 0 saturated heterocycles. The van der Waals surface area contributed by atoms with Crippen LogP contribution in [0.2, 0.25) is 5.02 Å². The van der Waals surface area contributed by atoms with Crippen molar-refractivity contribution < 1.29 is 4.79 Å². The number of hydrogen-bond acceptors (Lipinski definition) is 2. The highest BCUT2D eigenvalue weighted by molar-refractivity contribution is 9.11. The predicted molar refractivity (Wildman–Crippen MR) is 85.7 cm³/mol. The Labute approximate surface area is 132 Å².